The fraction of sp³-hybridized carbons (Fsp3) is 0.357. The molecule has 0 aliphatic rings. The minimum absolute atomic E-state index is 0.124. The number of carbonyl (C=O) groups is 1. The molecule has 0 aliphatic carbocycles. The highest BCUT2D eigenvalue weighted by atomic mass is 16.6. The molecule has 0 aromatic heterocycles. The maximum Gasteiger partial charge on any atom is 0.369 e. The Balaban J connectivity index is 2.65. The number of rotatable bonds is 8. The molecule has 1 aromatic rings. The summed E-state index contributed by atoms with van der Waals surface area (Å²) >= 11 is 0. The number of esters is 1. The molecule has 0 atom stereocenters. The molecule has 22 heavy (non-hydrogen) atoms. The molecule has 0 bridgehead atoms. The number of unbranched alkanes of at least 4 members (excludes halogenated alkanes) is 2. The maximum atomic E-state index is 11.6. The number of hydrogen-bond donors (Lipinski definition) is 1. The quantitative estimate of drug-likeness (QED) is 0.259. The summed E-state index contributed by atoms with van der Waals surface area (Å²) in [6.07, 6.45) is 2.64. The fourth-order valence-electron chi connectivity index (χ4n) is 1.51. The molecule has 1 rings (SSSR count). The molecule has 1 aromatic carbocycles. The van der Waals surface area contributed by atoms with Gasteiger partial charge in [-0.15, -0.1) is 0 Å². The van der Waals surface area contributed by atoms with E-state index in [2.05, 4.69) is 10.5 Å². The van der Waals surface area contributed by atoms with Crippen LogP contribution in [0, 0.1) is 21.4 Å². The number of hydrazone groups is 1. The van der Waals surface area contributed by atoms with E-state index in [1.54, 1.807) is 6.07 Å². The fourth-order valence-corrected chi connectivity index (χ4v) is 1.51. The SMILES string of the molecule is CCCCCOC(=O)/C(C#N)=N/Nc1cccc([N+](=O)[O-])c1. The molecule has 0 spiro atoms. The topological polar surface area (TPSA) is 118 Å². The van der Waals surface area contributed by atoms with E-state index >= 15 is 0 Å². The molecule has 8 heteroatoms. The number of nitrogens with zero attached hydrogens (tertiary/aromatic N) is 3. The van der Waals surface area contributed by atoms with Crippen LogP contribution in [-0.4, -0.2) is 23.2 Å². The van der Waals surface area contributed by atoms with Crippen LogP contribution in [0.1, 0.15) is 26.2 Å². The van der Waals surface area contributed by atoms with Gasteiger partial charge in [0.1, 0.15) is 6.07 Å². The van der Waals surface area contributed by atoms with Crippen LogP contribution in [0.25, 0.3) is 0 Å². The summed E-state index contributed by atoms with van der Waals surface area (Å²) < 4.78 is 4.91. The molecular weight excluding hydrogens is 288 g/mol. The lowest BCUT2D eigenvalue weighted by Gasteiger charge is -2.03. The molecular formula is C14H16N4O4. The van der Waals surface area contributed by atoms with Crippen molar-refractivity contribution in [1.82, 2.24) is 0 Å². The highest BCUT2D eigenvalue weighted by Gasteiger charge is 2.13. The van der Waals surface area contributed by atoms with Gasteiger partial charge in [0.25, 0.3) is 5.69 Å². The Hall–Kier alpha value is -2.95. The molecule has 0 saturated carbocycles. The van der Waals surface area contributed by atoms with Crippen LogP contribution < -0.4 is 5.43 Å². The number of nitro groups is 1. The van der Waals surface area contributed by atoms with Gasteiger partial charge in [-0.2, -0.15) is 10.4 Å². The second-order valence-corrected chi connectivity index (χ2v) is 4.33. The number of carbonyl (C=O) groups excluding carboxylic acids is 1. The van der Waals surface area contributed by atoms with Crippen molar-refractivity contribution < 1.29 is 14.5 Å². The van der Waals surface area contributed by atoms with Gasteiger partial charge in [0.15, 0.2) is 0 Å². The van der Waals surface area contributed by atoms with E-state index < -0.39 is 16.6 Å². The predicted molar refractivity (Wildman–Crippen MR) is 80.3 cm³/mol. The summed E-state index contributed by atoms with van der Waals surface area (Å²) in [6.45, 7) is 2.25. The lowest BCUT2D eigenvalue weighted by molar-refractivity contribution is -0.384. The van der Waals surface area contributed by atoms with Crippen molar-refractivity contribution in [2.24, 2.45) is 5.10 Å². The third kappa shape index (κ3) is 5.58. The van der Waals surface area contributed by atoms with Gasteiger partial charge in [0.05, 0.1) is 17.2 Å². The third-order valence-electron chi connectivity index (χ3n) is 2.63. The van der Waals surface area contributed by atoms with Gasteiger partial charge in [0.2, 0.25) is 5.71 Å². The van der Waals surface area contributed by atoms with Crippen molar-refractivity contribution in [3.63, 3.8) is 0 Å². The molecule has 8 nitrogen and oxygen atoms in total. The largest absolute Gasteiger partial charge is 0.460 e. The normalized spacial score (nSPS) is 10.6. The zero-order chi connectivity index (χ0) is 16.4. The lowest BCUT2D eigenvalue weighted by Crippen LogP contribution is -2.18. The van der Waals surface area contributed by atoms with Gasteiger partial charge >= 0.3 is 5.97 Å². The first-order valence-corrected chi connectivity index (χ1v) is 6.73. The Morgan fingerprint density at radius 3 is 2.91 bits per heavy atom. The van der Waals surface area contributed by atoms with Gasteiger partial charge in [0, 0.05) is 12.1 Å². The molecule has 116 valence electrons. The van der Waals surface area contributed by atoms with Gasteiger partial charge in [-0.1, -0.05) is 25.8 Å². The van der Waals surface area contributed by atoms with Crippen LogP contribution >= 0.6 is 0 Å². The van der Waals surface area contributed by atoms with E-state index in [9.17, 15) is 14.9 Å². The van der Waals surface area contributed by atoms with Crippen molar-refractivity contribution in [3.8, 4) is 6.07 Å². The summed E-state index contributed by atoms with van der Waals surface area (Å²) in [7, 11) is 0. The molecule has 0 heterocycles. The van der Waals surface area contributed by atoms with Gasteiger partial charge in [-0.25, -0.2) is 4.79 Å². The van der Waals surface area contributed by atoms with E-state index in [0.29, 0.717) is 5.69 Å². The number of nitrogens with one attached hydrogen (secondary N) is 1. The van der Waals surface area contributed by atoms with Gasteiger partial charge in [-0.3, -0.25) is 15.5 Å². The highest BCUT2D eigenvalue weighted by Crippen LogP contribution is 2.16. The number of hydrogen-bond acceptors (Lipinski definition) is 7. The van der Waals surface area contributed by atoms with Crippen molar-refractivity contribution in [2.45, 2.75) is 26.2 Å². The van der Waals surface area contributed by atoms with E-state index in [1.165, 1.54) is 24.3 Å². The minimum atomic E-state index is -0.823. The summed E-state index contributed by atoms with van der Waals surface area (Å²) in [4.78, 5) is 21.7. The summed E-state index contributed by atoms with van der Waals surface area (Å²) in [5.41, 5.74) is 2.16. The number of ether oxygens (including phenoxy) is 1. The number of anilines is 1. The van der Waals surface area contributed by atoms with E-state index in [0.717, 1.165) is 19.3 Å². The maximum absolute atomic E-state index is 11.6. The Morgan fingerprint density at radius 1 is 1.50 bits per heavy atom. The first-order chi connectivity index (χ1) is 10.6. The van der Waals surface area contributed by atoms with Crippen LogP contribution in [0.3, 0.4) is 0 Å². The van der Waals surface area contributed by atoms with Crippen LogP contribution in [0.15, 0.2) is 29.4 Å². The van der Waals surface area contributed by atoms with E-state index in [-0.39, 0.29) is 12.3 Å². The highest BCUT2D eigenvalue weighted by molar-refractivity contribution is 6.43. The Kier molecular flexibility index (Phi) is 7.05. The number of non-ortho nitro benzene ring substituents is 1. The van der Waals surface area contributed by atoms with E-state index in [4.69, 9.17) is 10.00 Å². The Morgan fingerprint density at radius 2 is 2.27 bits per heavy atom. The van der Waals surface area contributed by atoms with Gasteiger partial charge < -0.3 is 4.74 Å². The number of nitro benzene ring substituents is 1. The van der Waals surface area contributed by atoms with Crippen LogP contribution in [0.2, 0.25) is 0 Å². The molecule has 0 amide bonds. The standard InChI is InChI=1S/C14H16N4O4/c1-2-3-4-8-22-14(19)13(10-15)17-16-11-6-5-7-12(9-11)18(20)21/h5-7,9,16H,2-4,8H2,1H3/b17-13+. The zero-order valence-electron chi connectivity index (χ0n) is 12.1. The Labute approximate surface area is 127 Å². The number of benzene rings is 1. The summed E-state index contributed by atoms with van der Waals surface area (Å²) in [5.74, 6) is -0.823. The summed E-state index contributed by atoms with van der Waals surface area (Å²) in [6, 6.07) is 7.18. The second-order valence-electron chi connectivity index (χ2n) is 4.33. The molecule has 0 unspecified atom stereocenters. The molecule has 0 saturated heterocycles. The monoisotopic (exact) mass is 304 g/mol. The van der Waals surface area contributed by atoms with Crippen LogP contribution in [0.5, 0.6) is 0 Å². The van der Waals surface area contributed by atoms with Crippen LogP contribution in [0.4, 0.5) is 11.4 Å². The van der Waals surface area contributed by atoms with Crippen molar-refractivity contribution in [2.75, 3.05) is 12.0 Å². The molecule has 0 fully saturated rings. The lowest BCUT2D eigenvalue weighted by atomic mass is 10.3. The van der Waals surface area contributed by atoms with Crippen molar-refractivity contribution in [1.29, 1.82) is 5.26 Å². The first-order valence-electron chi connectivity index (χ1n) is 6.73. The smallest absolute Gasteiger partial charge is 0.369 e. The first kappa shape index (κ1) is 17.1. The summed E-state index contributed by atoms with van der Waals surface area (Å²) in [5, 5.41) is 23.2. The molecule has 0 aliphatic heterocycles. The second kappa shape index (κ2) is 9.07. The Bertz CT molecular complexity index is 607. The zero-order valence-corrected chi connectivity index (χ0v) is 12.1. The van der Waals surface area contributed by atoms with E-state index in [1.807, 2.05) is 6.92 Å². The minimum Gasteiger partial charge on any atom is -0.460 e. The number of nitriles is 1. The third-order valence-corrected chi connectivity index (χ3v) is 2.63. The van der Waals surface area contributed by atoms with Gasteiger partial charge in [-0.05, 0) is 12.5 Å². The van der Waals surface area contributed by atoms with Crippen LogP contribution in [-0.2, 0) is 9.53 Å². The van der Waals surface area contributed by atoms with Crippen molar-refractivity contribution >= 4 is 23.1 Å². The van der Waals surface area contributed by atoms with Crippen molar-refractivity contribution in [3.05, 3.63) is 34.4 Å². The average Bonchev–Trinajstić information content (AvgIpc) is 2.52. The molecule has 1 N–H and O–H groups in total. The average molecular weight is 304 g/mol. The molecule has 0 radical (unpaired) electrons. The predicted octanol–water partition coefficient (Wildman–Crippen LogP) is 2.62.